The zero-order valence-electron chi connectivity index (χ0n) is 10.5. The summed E-state index contributed by atoms with van der Waals surface area (Å²) in [7, 11) is 1.42. The number of carbonyl (C=O) groups excluding carboxylic acids is 1. The predicted octanol–water partition coefficient (Wildman–Crippen LogP) is 0.912. The quantitative estimate of drug-likeness (QED) is 0.845. The first-order chi connectivity index (χ1) is 9.10. The number of amides is 1. The van der Waals surface area contributed by atoms with Crippen molar-refractivity contribution in [2.24, 2.45) is 0 Å². The number of hydrogen-bond donors (Lipinski definition) is 2. The number of ether oxygens (including phenoxy) is 2. The summed E-state index contributed by atoms with van der Waals surface area (Å²) in [6.45, 7) is 1.12. The van der Waals surface area contributed by atoms with Gasteiger partial charge < -0.3 is 19.9 Å². The molecule has 1 aliphatic heterocycles. The molecule has 0 unspecified atom stereocenters. The van der Waals surface area contributed by atoms with Crippen LogP contribution in [0.3, 0.4) is 0 Å². The first-order valence-electron chi connectivity index (χ1n) is 5.91. The lowest BCUT2D eigenvalue weighted by Gasteiger charge is -2.12. The van der Waals surface area contributed by atoms with Crippen LogP contribution < -0.4 is 10.1 Å². The molecular weight excluding hydrogens is 250 g/mol. The highest BCUT2D eigenvalue weighted by atomic mass is 16.5. The van der Waals surface area contributed by atoms with Gasteiger partial charge in [0.2, 0.25) is 0 Å². The third kappa shape index (κ3) is 3.23. The van der Waals surface area contributed by atoms with Crippen molar-refractivity contribution in [2.45, 2.75) is 12.5 Å². The maximum absolute atomic E-state index is 12.0. The molecule has 2 N–H and O–H groups in total. The molecule has 1 heterocycles. The Morgan fingerprint density at radius 1 is 1.37 bits per heavy atom. The fourth-order valence-electron chi connectivity index (χ4n) is 1.89. The Balaban J connectivity index is 2.19. The molecule has 6 nitrogen and oxygen atoms in total. The molecule has 1 aromatic carbocycles. The van der Waals surface area contributed by atoms with E-state index in [1.54, 1.807) is 0 Å². The Bertz CT molecular complexity index is 494. The van der Waals surface area contributed by atoms with Gasteiger partial charge in [-0.3, -0.25) is 4.79 Å². The smallest absolute Gasteiger partial charge is 0.335 e. The Kier molecular flexibility index (Phi) is 4.01. The molecule has 1 fully saturated rings. The zero-order chi connectivity index (χ0) is 13.8. The van der Waals surface area contributed by atoms with Crippen molar-refractivity contribution in [1.82, 2.24) is 5.32 Å². The minimum atomic E-state index is -1.10. The first kappa shape index (κ1) is 13.4. The number of nitrogens with one attached hydrogen (secondary N) is 1. The van der Waals surface area contributed by atoms with Crippen LogP contribution in [-0.4, -0.2) is 43.3 Å². The highest BCUT2D eigenvalue weighted by Crippen LogP contribution is 2.17. The number of methoxy groups -OCH3 is 1. The number of carbonyl (C=O) groups is 2. The molecule has 1 aromatic rings. The second-order valence-corrected chi connectivity index (χ2v) is 4.29. The molecule has 1 atom stereocenters. The van der Waals surface area contributed by atoms with E-state index in [0.717, 1.165) is 6.42 Å². The van der Waals surface area contributed by atoms with E-state index in [2.05, 4.69) is 5.32 Å². The van der Waals surface area contributed by atoms with Gasteiger partial charge in [0.25, 0.3) is 5.91 Å². The normalized spacial score (nSPS) is 18.1. The molecule has 1 saturated heterocycles. The highest BCUT2D eigenvalue weighted by molar-refractivity contribution is 5.98. The highest BCUT2D eigenvalue weighted by Gasteiger charge is 2.20. The van der Waals surface area contributed by atoms with E-state index in [9.17, 15) is 9.59 Å². The van der Waals surface area contributed by atoms with Crippen LogP contribution in [0.5, 0.6) is 5.75 Å². The van der Waals surface area contributed by atoms with E-state index in [0.29, 0.717) is 19.0 Å². The molecule has 19 heavy (non-hydrogen) atoms. The van der Waals surface area contributed by atoms with Crippen molar-refractivity contribution < 1.29 is 24.2 Å². The third-order valence-corrected chi connectivity index (χ3v) is 2.92. The summed E-state index contributed by atoms with van der Waals surface area (Å²) in [6, 6.07) is 4.19. The van der Waals surface area contributed by atoms with Gasteiger partial charge >= 0.3 is 5.97 Å². The van der Waals surface area contributed by atoms with Crippen LogP contribution in [0.25, 0.3) is 0 Å². The number of hydrogen-bond acceptors (Lipinski definition) is 4. The minimum absolute atomic E-state index is 0.0205. The number of carboxylic acid groups (broad SMARTS) is 1. The summed E-state index contributed by atoms with van der Waals surface area (Å²) in [5.74, 6) is -1.08. The van der Waals surface area contributed by atoms with E-state index in [-0.39, 0.29) is 23.1 Å². The fourth-order valence-corrected chi connectivity index (χ4v) is 1.89. The Morgan fingerprint density at radius 3 is 2.68 bits per heavy atom. The maximum Gasteiger partial charge on any atom is 0.335 e. The van der Waals surface area contributed by atoms with Gasteiger partial charge in [-0.05, 0) is 24.6 Å². The lowest BCUT2D eigenvalue weighted by molar-refractivity contribution is 0.0696. The molecule has 2 rings (SSSR count). The van der Waals surface area contributed by atoms with Crippen molar-refractivity contribution in [1.29, 1.82) is 0 Å². The van der Waals surface area contributed by atoms with Crippen molar-refractivity contribution in [3.05, 3.63) is 29.3 Å². The van der Waals surface area contributed by atoms with E-state index in [1.807, 2.05) is 0 Å². The number of aromatic carboxylic acids is 1. The van der Waals surface area contributed by atoms with Crippen LogP contribution in [0, 0.1) is 0 Å². The van der Waals surface area contributed by atoms with Crippen LogP contribution in [0.1, 0.15) is 27.1 Å². The molecule has 0 bridgehead atoms. The van der Waals surface area contributed by atoms with Crippen molar-refractivity contribution >= 4 is 11.9 Å². The second-order valence-electron chi connectivity index (χ2n) is 4.29. The summed E-state index contributed by atoms with van der Waals surface area (Å²) in [5.41, 5.74) is 0.288. The fraction of sp³-hybridized carbons (Fsp3) is 0.385. The second kappa shape index (κ2) is 5.71. The Hall–Kier alpha value is -2.08. The summed E-state index contributed by atoms with van der Waals surface area (Å²) >= 11 is 0. The van der Waals surface area contributed by atoms with Gasteiger partial charge in [0.05, 0.1) is 25.3 Å². The van der Waals surface area contributed by atoms with Crippen LogP contribution in [0.15, 0.2) is 18.2 Å². The average molecular weight is 265 g/mol. The third-order valence-electron chi connectivity index (χ3n) is 2.92. The molecule has 6 heteroatoms. The van der Waals surface area contributed by atoms with Gasteiger partial charge in [-0.25, -0.2) is 4.79 Å². The van der Waals surface area contributed by atoms with Crippen LogP contribution >= 0.6 is 0 Å². The molecule has 1 aliphatic rings. The molecule has 0 spiro atoms. The average Bonchev–Trinajstić information content (AvgIpc) is 2.90. The summed E-state index contributed by atoms with van der Waals surface area (Å²) in [6.07, 6.45) is 0.765. The number of carboxylic acids is 1. The van der Waals surface area contributed by atoms with Gasteiger partial charge in [0.1, 0.15) is 5.75 Å². The Morgan fingerprint density at radius 2 is 2.11 bits per heavy atom. The number of rotatable bonds is 4. The van der Waals surface area contributed by atoms with Crippen LogP contribution in [0.4, 0.5) is 0 Å². The molecular formula is C13H15NO5. The van der Waals surface area contributed by atoms with Gasteiger partial charge in [0.15, 0.2) is 0 Å². The predicted molar refractivity (Wildman–Crippen MR) is 66.6 cm³/mol. The molecule has 0 aliphatic carbocycles. The Labute approximate surface area is 110 Å². The van der Waals surface area contributed by atoms with Gasteiger partial charge in [0, 0.05) is 12.2 Å². The molecule has 0 radical (unpaired) electrons. The van der Waals surface area contributed by atoms with E-state index >= 15 is 0 Å². The van der Waals surface area contributed by atoms with Crippen molar-refractivity contribution in [3.63, 3.8) is 0 Å². The standard InChI is InChI=1S/C13H15NO5/c1-18-11-5-8(4-9(6-11)13(16)17)12(15)14-10-2-3-19-7-10/h4-6,10H,2-3,7H2,1H3,(H,14,15)(H,16,17)/t10-/m1/s1. The van der Waals surface area contributed by atoms with Gasteiger partial charge in [-0.15, -0.1) is 0 Å². The summed E-state index contributed by atoms with van der Waals surface area (Å²) in [5, 5.41) is 11.8. The van der Waals surface area contributed by atoms with Crippen LogP contribution in [-0.2, 0) is 4.74 Å². The maximum atomic E-state index is 12.0. The molecule has 0 saturated carbocycles. The molecule has 102 valence electrons. The SMILES string of the molecule is COc1cc(C(=O)O)cc(C(=O)N[C@@H]2CCOC2)c1. The van der Waals surface area contributed by atoms with Crippen molar-refractivity contribution in [2.75, 3.05) is 20.3 Å². The minimum Gasteiger partial charge on any atom is -0.497 e. The van der Waals surface area contributed by atoms with E-state index in [4.69, 9.17) is 14.6 Å². The number of benzene rings is 1. The zero-order valence-corrected chi connectivity index (χ0v) is 10.5. The monoisotopic (exact) mass is 265 g/mol. The lowest BCUT2D eigenvalue weighted by atomic mass is 10.1. The van der Waals surface area contributed by atoms with Crippen LogP contribution in [0.2, 0.25) is 0 Å². The largest absolute Gasteiger partial charge is 0.497 e. The van der Waals surface area contributed by atoms with E-state index < -0.39 is 5.97 Å². The van der Waals surface area contributed by atoms with Gasteiger partial charge in [-0.1, -0.05) is 0 Å². The summed E-state index contributed by atoms with van der Waals surface area (Å²) < 4.78 is 10.2. The molecule has 0 aromatic heterocycles. The topological polar surface area (TPSA) is 84.9 Å². The molecule has 1 amide bonds. The van der Waals surface area contributed by atoms with Crippen molar-refractivity contribution in [3.8, 4) is 5.75 Å². The van der Waals surface area contributed by atoms with E-state index in [1.165, 1.54) is 25.3 Å². The summed E-state index contributed by atoms with van der Waals surface area (Å²) in [4.78, 5) is 23.0. The lowest BCUT2D eigenvalue weighted by Crippen LogP contribution is -2.35. The first-order valence-corrected chi connectivity index (χ1v) is 5.91. The van der Waals surface area contributed by atoms with Gasteiger partial charge in [-0.2, -0.15) is 0 Å².